The summed E-state index contributed by atoms with van der Waals surface area (Å²) in [7, 11) is 0. The van der Waals surface area contributed by atoms with Crippen LogP contribution in [0.3, 0.4) is 0 Å². The number of carbonyl (C=O) groups is 1. The van der Waals surface area contributed by atoms with Gasteiger partial charge in [0.1, 0.15) is 0 Å². The maximum absolute atomic E-state index is 9.87. The van der Waals surface area contributed by atoms with E-state index < -0.39 is 5.97 Å². The van der Waals surface area contributed by atoms with E-state index in [0.29, 0.717) is 0 Å². The highest BCUT2D eigenvalue weighted by atomic mass is 16.1. The highest BCUT2D eigenvalue weighted by molar-refractivity contribution is 5.70. The Labute approximate surface area is 42.1 Å². The molecule has 0 spiro atoms. The first-order valence-corrected chi connectivity index (χ1v) is 2.51. The zero-order chi connectivity index (χ0) is 5.28. The van der Waals surface area contributed by atoms with Crippen molar-refractivity contribution in [3.8, 4) is 0 Å². The van der Waals surface area contributed by atoms with Crippen LogP contribution in [0, 0.1) is 5.92 Å². The molecule has 1 rings (SSSR count). The Morgan fingerprint density at radius 2 is 2.14 bits per heavy atom. The van der Waals surface area contributed by atoms with E-state index in [2.05, 4.69) is 0 Å². The largest absolute Gasteiger partial charge is 0.358 e. The van der Waals surface area contributed by atoms with E-state index in [9.17, 15) is 9.90 Å². The number of rotatable bonds is 1. The van der Waals surface area contributed by atoms with Crippen LogP contribution in [0.2, 0.25) is 0 Å². The first-order chi connectivity index (χ1) is 3.30. The third-order valence-corrected chi connectivity index (χ3v) is 1.44. The number of hydrogen-bond donors (Lipinski definition) is 0. The predicted octanol–water partition coefficient (Wildman–Crippen LogP) is 0.744. The molecule has 1 saturated carbocycles. The van der Waals surface area contributed by atoms with E-state index >= 15 is 0 Å². The second-order valence-corrected chi connectivity index (χ2v) is 1.95. The third kappa shape index (κ3) is 0.734. The average Bonchev–Trinajstić information content (AvgIpc) is 1.23. The van der Waals surface area contributed by atoms with Crippen molar-refractivity contribution in [1.29, 1.82) is 0 Å². The van der Waals surface area contributed by atoms with E-state index in [4.69, 9.17) is 0 Å². The molecule has 0 aromatic heterocycles. The van der Waals surface area contributed by atoms with Crippen LogP contribution >= 0.6 is 0 Å². The molecule has 39 valence electrons. The highest BCUT2D eigenvalue weighted by Gasteiger charge is 2.25. The molecule has 0 aliphatic heterocycles. The Bertz CT molecular complexity index is 84.1. The van der Waals surface area contributed by atoms with Crippen molar-refractivity contribution >= 4 is 5.97 Å². The van der Waals surface area contributed by atoms with Crippen LogP contribution < -0.4 is 0 Å². The van der Waals surface area contributed by atoms with Crippen molar-refractivity contribution in [2.75, 3.05) is 0 Å². The van der Waals surface area contributed by atoms with E-state index in [1.165, 1.54) is 0 Å². The molecule has 0 amide bonds. The SMILES string of the molecule is O=C([6O])C1CCC1. The summed E-state index contributed by atoms with van der Waals surface area (Å²) in [6.45, 7) is 0. The van der Waals surface area contributed by atoms with Crippen molar-refractivity contribution in [1.82, 2.24) is 0 Å². The summed E-state index contributed by atoms with van der Waals surface area (Å²) in [5.74, 6) is -0.980. The molecule has 7 heavy (non-hydrogen) atoms. The van der Waals surface area contributed by atoms with Gasteiger partial charge in [-0.3, -0.25) is 0 Å². The van der Waals surface area contributed by atoms with Gasteiger partial charge in [0.25, 0.3) is 0 Å². The average molecular weight is 89.1 g/mol. The summed E-state index contributed by atoms with van der Waals surface area (Å²) >= 11 is 0. The standard InChI is InChI=1S/C5H7O2/c6-5(7)4-2-1-3-4/h4H,1-3H2/i6-10. The fraction of sp³-hybridized carbons (Fsp3) is 0.800. The van der Waals surface area contributed by atoms with E-state index in [-0.39, 0.29) is 5.92 Å². The predicted molar refractivity (Wildman–Crippen MR) is 23.0 cm³/mol. The molecule has 1 aliphatic rings. The van der Waals surface area contributed by atoms with E-state index in [1.807, 2.05) is 0 Å². The molecule has 0 atom stereocenters. The lowest BCUT2D eigenvalue weighted by atomic mass is 5.83. The van der Waals surface area contributed by atoms with Crippen LogP contribution in [0.1, 0.15) is 19.3 Å². The van der Waals surface area contributed by atoms with Gasteiger partial charge in [-0.05, 0) is 12.8 Å². The maximum Gasteiger partial charge on any atom is 0.358 e. The van der Waals surface area contributed by atoms with Gasteiger partial charge in [-0.15, -0.1) is 0 Å². The third-order valence-electron chi connectivity index (χ3n) is 1.44. The summed E-state index contributed by atoms with van der Waals surface area (Å²) in [5, 5.41) is 9.87. The Morgan fingerprint density at radius 1 is 1.57 bits per heavy atom. The molecule has 1 radical (unpaired) electrons. The Morgan fingerprint density at radius 3 is 2.14 bits per heavy atom. The first kappa shape index (κ1) is 4.62. The van der Waals surface area contributed by atoms with Gasteiger partial charge in [0.05, 0.1) is 5.92 Å². The smallest absolute Gasteiger partial charge is 0.247 e. The number of carbonyl (C=O) groups excluding carboxylic acids is 1. The molecule has 0 saturated heterocycles. The lowest BCUT2D eigenvalue weighted by Gasteiger charge is -2.18. The van der Waals surface area contributed by atoms with Crippen molar-refractivity contribution in [2.45, 2.75) is 19.3 Å². The molecule has 1 aliphatic carbocycles. The van der Waals surface area contributed by atoms with Gasteiger partial charge in [-0.25, -0.2) is 9.90 Å². The molecule has 0 unspecified atom stereocenters. The van der Waals surface area contributed by atoms with Crippen molar-refractivity contribution in [3.05, 3.63) is 0 Å². The van der Waals surface area contributed by atoms with Gasteiger partial charge in [0, 0.05) is 0 Å². The summed E-state index contributed by atoms with van der Waals surface area (Å²) in [5.41, 5.74) is 0. The molecule has 0 aromatic carbocycles. The summed E-state index contributed by atoms with van der Waals surface area (Å²) in [6.07, 6.45) is 2.74. The second-order valence-electron chi connectivity index (χ2n) is 1.95. The van der Waals surface area contributed by atoms with Crippen LogP contribution in [0.25, 0.3) is 0 Å². The second kappa shape index (κ2) is 1.52. The molecule has 1 fully saturated rings. The molecule has 0 N–H and O–H groups in total. The molecule has 0 aromatic rings. The maximum atomic E-state index is 9.87. The zero-order valence-corrected chi connectivity index (χ0v) is 4.02. The van der Waals surface area contributed by atoms with Gasteiger partial charge in [0.2, 0.25) is 0 Å². The minimum atomic E-state index is -0.869. The van der Waals surface area contributed by atoms with Crippen LogP contribution in [-0.4, -0.2) is 5.97 Å². The summed E-state index contributed by atoms with van der Waals surface area (Å²) in [6, 6.07) is 0. The molecular formula is C5H7O2. The van der Waals surface area contributed by atoms with Gasteiger partial charge in [0.15, 0.2) is 0 Å². The highest BCUT2D eigenvalue weighted by Crippen LogP contribution is 2.25. The molecular weight excluding hydrogens is 82.1 g/mol. The minimum absolute atomic E-state index is 0.111. The van der Waals surface area contributed by atoms with Crippen LogP contribution in [0.15, 0.2) is 0 Å². The summed E-state index contributed by atoms with van der Waals surface area (Å²) in [4.78, 5) is 9.87. The van der Waals surface area contributed by atoms with Crippen LogP contribution in [0.5, 0.6) is 0 Å². The first-order valence-electron chi connectivity index (χ1n) is 2.51. The molecule has 0 bridgehead atoms. The zero-order valence-electron chi connectivity index (χ0n) is 4.02. The topological polar surface area (TPSA) is 37.0 Å². The fourth-order valence-corrected chi connectivity index (χ4v) is 0.644. The quantitative estimate of drug-likeness (QED) is 0.467. The lowest BCUT2D eigenvalue weighted by molar-refractivity contribution is -0.150. The molecule has 2 nitrogen and oxygen atoms in total. The monoisotopic (exact) mass is 89.0 g/mol. The van der Waals surface area contributed by atoms with E-state index in [0.717, 1.165) is 19.3 Å². The Kier molecular flexibility index (Phi) is 1.01. The van der Waals surface area contributed by atoms with Gasteiger partial charge < -0.3 is 0 Å². The Balaban J connectivity index is 2.27. The Hall–Kier alpha value is -0.530. The number of hydrogen-bond acceptors (Lipinski definition) is 1. The van der Waals surface area contributed by atoms with Crippen molar-refractivity contribution < 1.29 is 9.90 Å². The lowest BCUT2D eigenvalue weighted by Crippen LogP contribution is -2.19. The van der Waals surface area contributed by atoms with Crippen molar-refractivity contribution in [2.24, 2.45) is 5.92 Å². The molecule has 0 heterocycles. The fourth-order valence-electron chi connectivity index (χ4n) is 0.644. The van der Waals surface area contributed by atoms with Crippen molar-refractivity contribution in [3.63, 3.8) is 0 Å². The van der Waals surface area contributed by atoms with Gasteiger partial charge in [-0.1, -0.05) is 6.42 Å². The van der Waals surface area contributed by atoms with Crippen LogP contribution in [-0.2, 0) is 9.90 Å². The van der Waals surface area contributed by atoms with Gasteiger partial charge in [-0.2, -0.15) is 0 Å². The molecule has 2 heteroatoms. The van der Waals surface area contributed by atoms with E-state index in [1.54, 1.807) is 0 Å². The van der Waals surface area contributed by atoms with Crippen LogP contribution in [0.4, 0.5) is 0 Å². The summed E-state index contributed by atoms with van der Waals surface area (Å²) < 4.78 is 0. The normalized spacial score (nSPS) is 21.1. The van der Waals surface area contributed by atoms with Gasteiger partial charge >= 0.3 is 5.97 Å². The minimum Gasteiger partial charge on any atom is -0.247 e.